The van der Waals surface area contributed by atoms with Crippen LogP contribution in [-0.2, 0) is 17.8 Å². The van der Waals surface area contributed by atoms with Crippen LogP contribution in [0, 0.1) is 34.5 Å². The van der Waals surface area contributed by atoms with Crippen molar-refractivity contribution >= 4 is 5.91 Å². The predicted molar refractivity (Wildman–Crippen MR) is 93.3 cm³/mol. The van der Waals surface area contributed by atoms with Crippen molar-refractivity contribution in [2.45, 2.75) is 25.8 Å². The van der Waals surface area contributed by atoms with Crippen LogP contribution in [0.1, 0.15) is 24.0 Å². The van der Waals surface area contributed by atoms with Crippen molar-refractivity contribution in [1.82, 2.24) is 19.7 Å². The van der Waals surface area contributed by atoms with Crippen LogP contribution in [0.4, 0.5) is 0 Å². The Morgan fingerprint density at radius 2 is 2.12 bits per heavy atom. The minimum Gasteiger partial charge on any atom is -0.341 e. The normalized spacial score (nSPS) is 17.9. The van der Waals surface area contributed by atoms with Crippen molar-refractivity contribution in [3.8, 4) is 12.1 Å². The number of carbonyl (C=O) groups is 1. The third kappa shape index (κ3) is 4.25. The molecule has 1 aromatic carbocycles. The van der Waals surface area contributed by atoms with Crippen LogP contribution < -0.4 is 0 Å². The quantitative estimate of drug-likeness (QED) is 0.820. The fraction of sp³-hybridized carbons (Fsp3) is 0.421. The van der Waals surface area contributed by atoms with Crippen molar-refractivity contribution in [3.05, 3.63) is 48.0 Å². The average molecular weight is 348 g/mol. The lowest BCUT2D eigenvalue weighted by Crippen LogP contribution is -2.44. The van der Waals surface area contributed by atoms with Gasteiger partial charge in [-0.05, 0) is 42.9 Å². The summed E-state index contributed by atoms with van der Waals surface area (Å²) in [7, 11) is 0. The molecule has 1 saturated heterocycles. The molecule has 132 valence electrons. The number of aromatic nitrogens is 3. The fourth-order valence-electron chi connectivity index (χ4n) is 3.37. The highest BCUT2D eigenvalue weighted by molar-refractivity contribution is 5.81. The highest BCUT2D eigenvalue weighted by atomic mass is 16.2. The molecule has 1 aromatic heterocycles. The van der Waals surface area contributed by atoms with E-state index in [-0.39, 0.29) is 5.91 Å². The second-order valence-electron chi connectivity index (χ2n) is 6.60. The average Bonchev–Trinajstić information content (AvgIpc) is 3.19. The number of likely N-dealkylation sites (tertiary alicyclic amines) is 1. The summed E-state index contributed by atoms with van der Waals surface area (Å²) >= 11 is 0. The van der Waals surface area contributed by atoms with Gasteiger partial charge in [-0.25, -0.2) is 4.98 Å². The maximum absolute atomic E-state index is 12.8. The zero-order valence-electron chi connectivity index (χ0n) is 14.5. The van der Waals surface area contributed by atoms with Gasteiger partial charge in [0.25, 0.3) is 0 Å². The second kappa shape index (κ2) is 8.26. The summed E-state index contributed by atoms with van der Waals surface area (Å²) in [4.78, 5) is 18.6. The zero-order valence-corrected chi connectivity index (χ0v) is 14.5. The van der Waals surface area contributed by atoms with Gasteiger partial charge in [-0.3, -0.25) is 9.48 Å². The summed E-state index contributed by atoms with van der Waals surface area (Å²) in [6.07, 6.45) is 5.53. The minimum absolute atomic E-state index is 0.111. The molecular weight excluding hydrogens is 328 g/mol. The van der Waals surface area contributed by atoms with Crippen LogP contribution in [0.3, 0.4) is 0 Å². The van der Waals surface area contributed by atoms with Gasteiger partial charge in [-0.2, -0.15) is 15.6 Å². The Hall–Kier alpha value is -3.19. The number of piperidine rings is 1. The molecule has 1 aliphatic rings. The molecule has 0 saturated carbocycles. The molecule has 0 aliphatic carbocycles. The van der Waals surface area contributed by atoms with Crippen molar-refractivity contribution in [3.63, 3.8) is 0 Å². The summed E-state index contributed by atoms with van der Waals surface area (Å²) in [5.74, 6) is -0.489. The van der Waals surface area contributed by atoms with Gasteiger partial charge in [0.2, 0.25) is 5.91 Å². The van der Waals surface area contributed by atoms with Crippen LogP contribution >= 0.6 is 0 Å². The summed E-state index contributed by atoms with van der Waals surface area (Å²) in [5, 5.41) is 22.5. The molecular formula is C19H20N6O. The Balaban J connectivity index is 1.61. The van der Waals surface area contributed by atoms with Gasteiger partial charge in [0.15, 0.2) is 0 Å². The van der Waals surface area contributed by atoms with Crippen LogP contribution in [0.25, 0.3) is 0 Å². The summed E-state index contributed by atoms with van der Waals surface area (Å²) < 4.78 is 1.79. The number of carbonyl (C=O) groups excluding carboxylic acids is 1. The predicted octanol–water partition coefficient (Wildman–Crippen LogP) is 1.77. The van der Waals surface area contributed by atoms with Gasteiger partial charge in [0.05, 0.1) is 17.7 Å². The molecule has 2 atom stereocenters. The standard InChI is InChI=1S/C19H20N6O/c20-9-16-5-3-15(4-6-16)8-18(10-21)19(26)24-7-1-2-17(11-24)12-25-14-22-13-23-25/h3-6,13-14,17-18H,1-2,7-8,11-12H2/t17-,18+/m1/s1. The van der Waals surface area contributed by atoms with E-state index in [9.17, 15) is 10.1 Å². The van der Waals surface area contributed by atoms with Crippen LogP contribution in [0.15, 0.2) is 36.9 Å². The molecule has 1 fully saturated rings. The Morgan fingerprint density at radius 3 is 2.77 bits per heavy atom. The van der Waals surface area contributed by atoms with Crippen molar-refractivity contribution in [1.29, 1.82) is 10.5 Å². The van der Waals surface area contributed by atoms with Crippen molar-refractivity contribution < 1.29 is 4.79 Å². The summed E-state index contributed by atoms with van der Waals surface area (Å²) in [5.41, 5.74) is 1.46. The molecule has 0 unspecified atom stereocenters. The lowest BCUT2D eigenvalue weighted by molar-refractivity contribution is -0.135. The van der Waals surface area contributed by atoms with Gasteiger partial charge in [0, 0.05) is 19.6 Å². The molecule has 7 heteroatoms. The number of amides is 1. The van der Waals surface area contributed by atoms with E-state index in [1.54, 1.807) is 35.3 Å². The topological polar surface area (TPSA) is 98.6 Å². The van der Waals surface area contributed by atoms with E-state index in [1.165, 1.54) is 6.33 Å². The summed E-state index contributed by atoms with van der Waals surface area (Å²) in [6.45, 7) is 2.07. The first-order valence-electron chi connectivity index (χ1n) is 8.69. The first kappa shape index (κ1) is 17.6. The first-order chi connectivity index (χ1) is 12.7. The number of rotatable bonds is 5. The van der Waals surface area contributed by atoms with Gasteiger partial charge in [-0.1, -0.05) is 12.1 Å². The maximum Gasteiger partial charge on any atom is 0.240 e. The third-order valence-electron chi connectivity index (χ3n) is 4.72. The van der Waals surface area contributed by atoms with E-state index in [0.29, 0.717) is 31.0 Å². The molecule has 0 spiro atoms. The van der Waals surface area contributed by atoms with Gasteiger partial charge in [0.1, 0.15) is 18.6 Å². The molecule has 2 aromatic rings. The smallest absolute Gasteiger partial charge is 0.240 e. The van der Waals surface area contributed by atoms with Gasteiger partial charge in [-0.15, -0.1) is 0 Å². The Morgan fingerprint density at radius 1 is 1.31 bits per heavy atom. The number of nitrogens with zero attached hydrogens (tertiary/aromatic N) is 6. The van der Waals surface area contributed by atoms with E-state index in [2.05, 4.69) is 22.2 Å². The number of benzene rings is 1. The van der Waals surface area contributed by atoms with Crippen LogP contribution in [0.5, 0.6) is 0 Å². The molecule has 0 N–H and O–H groups in total. The van der Waals surface area contributed by atoms with E-state index in [1.807, 2.05) is 4.90 Å². The molecule has 0 bridgehead atoms. The molecule has 0 radical (unpaired) electrons. The number of nitriles is 2. The van der Waals surface area contributed by atoms with Crippen LogP contribution in [0.2, 0.25) is 0 Å². The molecule has 2 heterocycles. The fourth-order valence-corrected chi connectivity index (χ4v) is 3.37. The minimum atomic E-state index is -0.701. The zero-order chi connectivity index (χ0) is 18.4. The summed E-state index contributed by atoms with van der Waals surface area (Å²) in [6, 6.07) is 11.3. The SMILES string of the molecule is N#Cc1ccc(C[C@@H](C#N)C(=O)N2CCC[C@@H](Cn3cncn3)C2)cc1. The molecule has 26 heavy (non-hydrogen) atoms. The van der Waals surface area contributed by atoms with E-state index in [0.717, 1.165) is 24.9 Å². The molecule has 3 rings (SSSR count). The number of hydrogen-bond donors (Lipinski definition) is 0. The largest absolute Gasteiger partial charge is 0.341 e. The highest BCUT2D eigenvalue weighted by Gasteiger charge is 2.29. The molecule has 7 nitrogen and oxygen atoms in total. The van der Waals surface area contributed by atoms with Crippen molar-refractivity contribution in [2.75, 3.05) is 13.1 Å². The van der Waals surface area contributed by atoms with Crippen molar-refractivity contribution in [2.24, 2.45) is 11.8 Å². The second-order valence-corrected chi connectivity index (χ2v) is 6.60. The van der Waals surface area contributed by atoms with E-state index in [4.69, 9.17) is 5.26 Å². The lowest BCUT2D eigenvalue weighted by Gasteiger charge is -2.33. The third-order valence-corrected chi connectivity index (χ3v) is 4.72. The highest BCUT2D eigenvalue weighted by Crippen LogP contribution is 2.21. The Labute approximate surface area is 152 Å². The monoisotopic (exact) mass is 348 g/mol. The van der Waals surface area contributed by atoms with Gasteiger partial charge < -0.3 is 4.90 Å². The van der Waals surface area contributed by atoms with Crippen LogP contribution in [-0.4, -0.2) is 38.7 Å². The van der Waals surface area contributed by atoms with E-state index < -0.39 is 5.92 Å². The van der Waals surface area contributed by atoms with Gasteiger partial charge >= 0.3 is 0 Å². The molecule has 1 aliphatic heterocycles. The lowest BCUT2D eigenvalue weighted by atomic mass is 9.94. The Bertz CT molecular complexity index is 815. The molecule has 1 amide bonds. The Kier molecular flexibility index (Phi) is 5.60. The maximum atomic E-state index is 12.8. The number of hydrogen-bond acceptors (Lipinski definition) is 5. The van der Waals surface area contributed by atoms with E-state index >= 15 is 0 Å². The first-order valence-corrected chi connectivity index (χ1v) is 8.69.